The Balaban J connectivity index is 1.70. The molecule has 4 rings (SSSR count). The molecule has 3 aromatic rings. The van der Waals surface area contributed by atoms with E-state index in [0.717, 1.165) is 11.1 Å². The predicted molar refractivity (Wildman–Crippen MR) is 153 cm³/mol. The van der Waals surface area contributed by atoms with Crippen molar-refractivity contribution in [3.8, 4) is 11.8 Å². The summed E-state index contributed by atoms with van der Waals surface area (Å²) in [7, 11) is 0. The van der Waals surface area contributed by atoms with Gasteiger partial charge in [0, 0.05) is 11.4 Å². The SMILES string of the molecule is CCOc1ccc(N2C(=O)C(Cc3ccc(C(C)C)cc3)S/C2=C(/C#N)C(=O)Nc2ccccc2C)cc1. The van der Waals surface area contributed by atoms with Gasteiger partial charge in [-0.05, 0) is 73.2 Å². The van der Waals surface area contributed by atoms with Crippen molar-refractivity contribution in [3.05, 3.63) is 100 Å². The van der Waals surface area contributed by atoms with E-state index in [1.54, 1.807) is 30.3 Å². The van der Waals surface area contributed by atoms with Crippen LogP contribution in [0.4, 0.5) is 11.4 Å². The number of anilines is 2. The molecule has 3 aromatic carbocycles. The topological polar surface area (TPSA) is 82.4 Å². The lowest BCUT2D eigenvalue weighted by atomic mass is 10.00. The highest BCUT2D eigenvalue weighted by molar-refractivity contribution is 8.05. The number of amides is 2. The third-order valence-electron chi connectivity index (χ3n) is 6.37. The first-order valence-corrected chi connectivity index (χ1v) is 13.5. The first-order chi connectivity index (χ1) is 18.3. The molecule has 6 nitrogen and oxygen atoms in total. The van der Waals surface area contributed by atoms with Crippen LogP contribution in [0.5, 0.6) is 5.75 Å². The molecule has 1 atom stereocenters. The lowest BCUT2D eigenvalue weighted by Gasteiger charge is -2.19. The molecule has 1 unspecified atom stereocenters. The van der Waals surface area contributed by atoms with Crippen molar-refractivity contribution in [2.75, 3.05) is 16.8 Å². The van der Waals surface area contributed by atoms with E-state index >= 15 is 0 Å². The van der Waals surface area contributed by atoms with Gasteiger partial charge >= 0.3 is 0 Å². The molecule has 194 valence electrons. The van der Waals surface area contributed by atoms with Crippen LogP contribution in [0.25, 0.3) is 0 Å². The molecular weight excluding hydrogens is 494 g/mol. The van der Waals surface area contributed by atoms with E-state index in [1.807, 2.05) is 44.2 Å². The summed E-state index contributed by atoms with van der Waals surface area (Å²) in [4.78, 5) is 28.6. The molecule has 1 aliphatic rings. The number of thioether (sulfide) groups is 1. The van der Waals surface area contributed by atoms with Crippen LogP contribution in [0.15, 0.2) is 83.4 Å². The van der Waals surface area contributed by atoms with Gasteiger partial charge in [0.25, 0.3) is 5.91 Å². The summed E-state index contributed by atoms with van der Waals surface area (Å²) in [6.07, 6.45) is 0.483. The van der Waals surface area contributed by atoms with E-state index in [4.69, 9.17) is 4.74 Å². The Kier molecular flexibility index (Phi) is 8.55. The Morgan fingerprint density at radius 3 is 2.37 bits per heavy atom. The van der Waals surface area contributed by atoms with Crippen molar-refractivity contribution in [3.63, 3.8) is 0 Å². The summed E-state index contributed by atoms with van der Waals surface area (Å²) in [5.74, 6) is 0.385. The monoisotopic (exact) mass is 525 g/mol. The van der Waals surface area contributed by atoms with E-state index in [9.17, 15) is 14.9 Å². The van der Waals surface area contributed by atoms with Gasteiger partial charge in [-0.25, -0.2) is 0 Å². The summed E-state index contributed by atoms with van der Waals surface area (Å²) in [5, 5.41) is 12.8. The third-order valence-corrected chi connectivity index (χ3v) is 7.63. The van der Waals surface area contributed by atoms with Crippen LogP contribution < -0.4 is 15.0 Å². The molecule has 0 aliphatic carbocycles. The maximum absolute atomic E-state index is 13.8. The van der Waals surface area contributed by atoms with Crippen molar-refractivity contribution in [1.82, 2.24) is 0 Å². The molecule has 1 saturated heterocycles. The fraction of sp³-hybridized carbons (Fsp3) is 0.258. The number of para-hydroxylation sites is 1. The number of carbonyl (C=O) groups is 2. The van der Waals surface area contributed by atoms with Crippen molar-refractivity contribution < 1.29 is 14.3 Å². The Morgan fingerprint density at radius 1 is 1.08 bits per heavy atom. The summed E-state index contributed by atoms with van der Waals surface area (Å²) in [6, 6.07) is 24.8. The van der Waals surface area contributed by atoms with E-state index < -0.39 is 11.2 Å². The van der Waals surface area contributed by atoms with E-state index in [-0.39, 0.29) is 11.5 Å². The van der Waals surface area contributed by atoms with Gasteiger partial charge in [-0.3, -0.25) is 14.5 Å². The molecule has 0 bridgehead atoms. The highest BCUT2D eigenvalue weighted by atomic mass is 32.2. The van der Waals surface area contributed by atoms with E-state index in [0.29, 0.717) is 41.1 Å². The second kappa shape index (κ2) is 12.0. The molecule has 7 heteroatoms. The van der Waals surface area contributed by atoms with Crippen LogP contribution in [0.3, 0.4) is 0 Å². The molecule has 1 fully saturated rings. The van der Waals surface area contributed by atoms with Crippen molar-refractivity contribution in [2.45, 2.75) is 45.3 Å². The number of nitrogens with one attached hydrogen (secondary N) is 1. The van der Waals surface area contributed by atoms with Gasteiger partial charge < -0.3 is 10.1 Å². The number of carbonyl (C=O) groups excluding carboxylic acids is 2. The second-order valence-corrected chi connectivity index (χ2v) is 10.6. The Hall–Kier alpha value is -4.02. The number of aryl methyl sites for hydroxylation is 1. The maximum atomic E-state index is 13.8. The Labute approximate surface area is 228 Å². The first-order valence-electron chi connectivity index (χ1n) is 12.7. The van der Waals surface area contributed by atoms with Crippen LogP contribution in [0.1, 0.15) is 43.4 Å². The van der Waals surface area contributed by atoms with Crippen LogP contribution in [-0.2, 0) is 16.0 Å². The van der Waals surface area contributed by atoms with Gasteiger partial charge in [0.05, 0.1) is 11.9 Å². The lowest BCUT2D eigenvalue weighted by molar-refractivity contribution is -0.117. The molecule has 0 radical (unpaired) electrons. The highest BCUT2D eigenvalue weighted by Gasteiger charge is 2.41. The molecule has 2 amide bonds. The molecule has 38 heavy (non-hydrogen) atoms. The smallest absolute Gasteiger partial charge is 0.269 e. The number of benzene rings is 3. The highest BCUT2D eigenvalue weighted by Crippen LogP contribution is 2.42. The summed E-state index contributed by atoms with van der Waals surface area (Å²) in [5.41, 5.74) is 4.23. The number of nitrogens with zero attached hydrogens (tertiary/aromatic N) is 2. The zero-order chi connectivity index (χ0) is 27.2. The quantitative estimate of drug-likeness (QED) is 0.265. The summed E-state index contributed by atoms with van der Waals surface area (Å²) >= 11 is 1.26. The molecule has 0 spiro atoms. The number of hydrogen-bond acceptors (Lipinski definition) is 5. The minimum absolute atomic E-state index is 0.0989. The van der Waals surface area contributed by atoms with Gasteiger partial charge in [0.1, 0.15) is 22.4 Å². The van der Waals surface area contributed by atoms with Gasteiger partial charge in [0.15, 0.2) is 0 Å². The zero-order valence-electron chi connectivity index (χ0n) is 22.0. The number of nitriles is 1. The van der Waals surface area contributed by atoms with Crippen LogP contribution >= 0.6 is 11.8 Å². The molecular formula is C31H31N3O3S. The molecule has 1 heterocycles. The Bertz CT molecular complexity index is 1390. The zero-order valence-corrected chi connectivity index (χ0v) is 22.8. The largest absolute Gasteiger partial charge is 0.494 e. The van der Waals surface area contributed by atoms with Gasteiger partial charge in [0.2, 0.25) is 5.91 Å². The van der Waals surface area contributed by atoms with Crippen molar-refractivity contribution in [2.24, 2.45) is 0 Å². The normalized spacial score (nSPS) is 16.4. The third kappa shape index (κ3) is 5.92. The minimum atomic E-state index is -0.546. The van der Waals surface area contributed by atoms with Crippen LogP contribution in [0.2, 0.25) is 0 Å². The average Bonchev–Trinajstić information content (AvgIpc) is 3.22. The molecule has 1 N–H and O–H groups in total. The van der Waals surface area contributed by atoms with Crippen molar-refractivity contribution >= 4 is 35.0 Å². The summed E-state index contributed by atoms with van der Waals surface area (Å²) < 4.78 is 5.55. The van der Waals surface area contributed by atoms with Gasteiger partial charge in [-0.15, -0.1) is 0 Å². The fourth-order valence-corrected chi connectivity index (χ4v) is 5.54. The summed E-state index contributed by atoms with van der Waals surface area (Å²) in [6.45, 7) is 8.60. The molecule has 1 aliphatic heterocycles. The fourth-order valence-electron chi connectivity index (χ4n) is 4.23. The molecule has 0 saturated carbocycles. The van der Waals surface area contributed by atoms with Crippen molar-refractivity contribution in [1.29, 1.82) is 5.26 Å². The molecule has 0 aromatic heterocycles. The van der Waals surface area contributed by atoms with Gasteiger partial charge in [-0.1, -0.05) is 68.1 Å². The number of rotatable bonds is 8. The average molecular weight is 526 g/mol. The predicted octanol–water partition coefficient (Wildman–Crippen LogP) is 6.58. The number of ether oxygens (including phenoxy) is 1. The standard InChI is InChI=1S/C31H31N3O3S/c1-5-37-25-16-14-24(15-17-25)34-30(36)28(18-22-10-12-23(13-11-22)20(2)3)38-31(34)26(19-32)29(35)33-27-9-7-6-8-21(27)4/h6-17,20,28H,5,18H2,1-4H3,(H,33,35)/b31-26-. The van der Waals surface area contributed by atoms with E-state index in [2.05, 4.69) is 37.4 Å². The maximum Gasteiger partial charge on any atom is 0.269 e. The Morgan fingerprint density at radius 2 is 1.76 bits per heavy atom. The van der Waals surface area contributed by atoms with Crippen LogP contribution in [0, 0.1) is 18.3 Å². The first kappa shape index (κ1) is 27.0. The number of hydrogen-bond donors (Lipinski definition) is 1. The van der Waals surface area contributed by atoms with Crippen LogP contribution in [-0.4, -0.2) is 23.7 Å². The minimum Gasteiger partial charge on any atom is -0.494 e. The van der Waals surface area contributed by atoms with E-state index in [1.165, 1.54) is 22.2 Å². The second-order valence-electron chi connectivity index (χ2n) is 9.37. The van der Waals surface area contributed by atoms with Gasteiger partial charge in [-0.2, -0.15) is 5.26 Å². The lowest BCUT2D eigenvalue weighted by Crippen LogP contribution is -2.31.